The maximum Gasteiger partial charge on any atom is 1.00 e. The van der Waals surface area contributed by atoms with E-state index < -0.39 is 59.1 Å². The number of alkyl halides is 9. The minimum absolute atomic E-state index is 0. The molecular formula is C8H8F9NaO3S. The van der Waals surface area contributed by atoms with Gasteiger partial charge in [0, 0.05) is 0 Å². The Labute approximate surface area is 141 Å². The Kier molecular flexibility index (Phi) is 10.6. The summed E-state index contributed by atoms with van der Waals surface area (Å²) < 4.78 is 143. The zero-order valence-corrected chi connectivity index (χ0v) is 13.5. The standard InChI is InChI=1S/C8H9F9O3S.Na/c9-1(3(11)5(13)7(15)16)2(10)4(12)6(14)8(17)21(18,19)20;/h1-8H,(H,18,19,20);/q;+1/p-1. The molecule has 0 aromatic carbocycles. The molecule has 0 aromatic heterocycles. The Morgan fingerprint density at radius 3 is 1.14 bits per heavy atom. The largest absolute Gasteiger partial charge is 1.00 e. The van der Waals surface area contributed by atoms with Gasteiger partial charge in [-0.25, -0.2) is 47.9 Å². The zero-order valence-electron chi connectivity index (χ0n) is 10.7. The molecule has 0 aliphatic heterocycles. The van der Waals surface area contributed by atoms with Gasteiger partial charge in [0.1, 0.15) is 10.1 Å². The number of rotatable bonds is 8. The molecule has 7 unspecified atom stereocenters. The van der Waals surface area contributed by atoms with Crippen LogP contribution in [0.1, 0.15) is 0 Å². The molecule has 0 fully saturated rings. The summed E-state index contributed by atoms with van der Waals surface area (Å²) >= 11 is 0. The summed E-state index contributed by atoms with van der Waals surface area (Å²) in [6, 6.07) is 0. The Hall–Kier alpha value is 0.280. The molecule has 0 saturated heterocycles. The average Bonchev–Trinajstić information content (AvgIpc) is 2.40. The summed E-state index contributed by atoms with van der Waals surface area (Å²) in [4.78, 5) is 0. The first-order chi connectivity index (χ1) is 9.32. The molecule has 0 aliphatic carbocycles. The van der Waals surface area contributed by atoms with Crippen molar-refractivity contribution in [3.8, 4) is 0 Å². The molecule has 0 saturated carbocycles. The van der Waals surface area contributed by atoms with E-state index in [2.05, 4.69) is 0 Å². The molecule has 128 valence electrons. The summed E-state index contributed by atoms with van der Waals surface area (Å²) in [5.41, 5.74) is -4.13. The third kappa shape index (κ3) is 6.42. The third-order valence-corrected chi connectivity index (χ3v) is 3.10. The molecule has 0 rings (SSSR count). The van der Waals surface area contributed by atoms with Crippen molar-refractivity contribution in [1.29, 1.82) is 0 Å². The van der Waals surface area contributed by atoms with E-state index in [0.717, 1.165) is 0 Å². The predicted molar refractivity (Wildman–Crippen MR) is 50.0 cm³/mol. The average molecular weight is 378 g/mol. The van der Waals surface area contributed by atoms with Gasteiger partial charge >= 0.3 is 29.6 Å². The topological polar surface area (TPSA) is 57.2 Å². The van der Waals surface area contributed by atoms with E-state index in [-0.39, 0.29) is 29.6 Å². The summed E-state index contributed by atoms with van der Waals surface area (Å²) in [6.07, 6.45) is -27.9. The van der Waals surface area contributed by atoms with Crippen molar-refractivity contribution in [3.05, 3.63) is 0 Å². The molecule has 0 spiro atoms. The van der Waals surface area contributed by atoms with Crippen LogP contribution in [0.5, 0.6) is 0 Å². The molecule has 14 heteroatoms. The molecule has 0 amide bonds. The van der Waals surface area contributed by atoms with E-state index in [0.29, 0.717) is 0 Å². The molecule has 0 heterocycles. The van der Waals surface area contributed by atoms with Crippen molar-refractivity contribution in [2.75, 3.05) is 0 Å². The maximum atomic E-state index is 13.0. The second-order valence-corrected chi connectivity index (χ2v) is 5.28. The van der Waals surface area contributed by atoms with Gasteiger partial charge in [0.2, 0.25) is 5.50 Å². The summed E-state index contributed by atoms with van der Waals surface area (Å²) in [7, 11) is -6.06. The van der Waals surface area contributed by atoms with E-state index in [9.17, 15) is 52.5 Å². The van der Waals surface area contributed by atoms with E-state index in [1.807, 2.05) is 0 Å². The Bertz CT molecular complexity index is 425. The van der Waals surface area contributed by atoms with Crippen LogP contribution in [-0.2, 0) is 10.1 Å². The second kappa shape index (κ2) is 9.55. The fourth-order valence-electron chi connectivity index (χ4n) is 1.15. The van der Waals surface area contributed by atoms with Gasteiger partial charge in [0.05, 0.1) is 0 Å². The van der Waals surface area contributed by atoms with Crippen LogP contribution in [0.3, 0.4) is 0 Å². The second-order valence-electron chi connectivity index (χ2n) is 3.84. The van der Waals surface area contributed by atoms with Gasteiger partial charge in [-0.2, -0.15) is 0 Å². The summed E-state index contributed by atoms with van der Waals surface area (Å²) in [6.45, 7) is 0. The van der Waals surface area contributed by atoms with E-state index in [1.54, 1.807) is 0 Å². The number of halogens is 9. The molecule has 0 aliphatic rings. The first kappa shape index (κ1) is 24.5. The summed E-state index contributed by atoms with van der Waals surface area (Å²) in [5, 5.41) is 0. The molecule has 0 radical (unpaired) electrons. The molecule has 22 heavy (non-hydrogen) atoms. The van der Waals surface area contributed by atoms with Crippen molar-refractivity contribution in [3.63, 3.8) is 0 Å². The van der Waals surface area contributed by atoms with Crippen molar-refractivity contribution >= 4 is 10.1 Å². The van der Waals surface area contributed by atoms with Crippen molar-refractivity contribution in [2.45, 2.75) is 49.0 Å². The minimum atomic E-state index is -6.06. The van der Waals surface area contributed by atoms with Crippen LogP contribution >= 0.6 is 0 Å². The van der Waals surface area contributed by atoms with Crippen molar-refractivity contribution in [1.82, 2.24) is 0 Å². The Balaban J connectivity index is 0. The Morgan fingerprint density at radius 2 is 0.864 bits per heavy atom. The van der Waals surface area contributed by atoms with Gasteiger partial charge in [0.25, 0.3) is 6.43 Å². The van der Waals surface area contributed by atoms with Gasteiger partial charge in [-0.1, -0.05) is 0 Å². The van der Waals surface area contributed by atoms with Crippen LogP contribution < -0.4 is 29.6 Å². The first-order valence-corrected chi connectivity index (χ1v) is 6.50. The van der Waals surface area contributed by atoms with Crippen LogP contribution in [0.15, 0.2) is 0 Å². The van der Waals surface area contributed by atoms with Gasteiger partial charge in [0.15, 0.2) is 37.0 Å². The van der Waals surface area contributed by atoms with Gasteiger partial charge in [-0.3, -0.25) is 0 Å². The van der Waals surface area contributed by atoms with Crippen molar-refractivity contribution in [2.24, 2.45) is 0 Å². The minimum Gasteiger partial charge on any atom is -0.746 e. The quantitative estimate of drug-likeness (QED) is 0.313. The van der Waals surface area contributed by atoms with Crippen molar-refractivity contribution < 1.29 is 82.0 Å². The van der Waals surface area contributed by atoms with Crippen LogP contribution in [0.2, 0.25) is 0 Å². The molecule has 7 atom stereocenters. The molecule has 0 N–H and O–H groups in total. The van der Waals surface area contributed by atoms with E-state index in [4.69, 9.17) is 0 Å². The smallest absolute Gasteiger partial charge is 0.746 e. The zero-order chi connectivity index (χ0) is 17.1. The Morgan fingerprint density at radius 1 is 0.591 bits per heavy atom. The fraction of sp³-hybridized carbons (Fsp3) is 1.00. The molecule has 0 bridgehead atoms. The monoisotopic (exact) mass is 378 g/mol. The summed E-state index contributed by atoms with van der Waals surface area (Å²) in [5.74, 6) is 0. The fourth-order valence-corrected chi connectivity index (χ4v) is 1.61. The van der Waals surface area contributed by atoms with Gasteiger partial charge < -0.3 is 4.55 Å². The van der Waals surface area contributed by atoms with Crippen LogP contribution in [0, 0.1) is 0 Å². The first-order valence-electron chi connectivity index (χ1n) is 5.03. The number of hydrogen-bond donors (Lipinski definition) is 0. The SMILES string of the molecule is O=S(=O)([O-])C(F)C(F)C(F)C(F)C(F)C(F)C(F)C(F)F.[Na+]. The molecular weight excluding hydrogens is 370 g/mol. The van der Waals surface area contributed by atoms with E-state index in [1.165, 1.54) is 0 Å². The molecule has 0 aromatic rings. The maximum absolute atomic E-state index is 13.0. The normalized spacial score (nSPS) is 22.1. The van der Waals surface area contributed by atoms with Gasteiger partial charge in [-0.15, -0.1) is 0 Å². The van der Waals surface area contributed by atoms with Gasteiger partial charge in [-0.05, 0) is 0 Å². The number of hydrogen-bond acceptors (Lipinski definition) is 3. The third-order valence-electron chi connectivity index (χ3n) is 2.29. The predicted octanol–water partition coefficient (Wildman–Crippen LogP) is -0.875. The van der Waals surface area contributed by atoms with Crippen LogP contribution in [-0.4, -0.2) is 61.9 Å². The van der Waals surface area contributed by atoms with E-state index >= 15 is 0 Å². The molecule has 3 nitrogen and oxygen atoms in total. The van der Waals surface area contributed by atoms with Crippen LogP contribution in [0.4, 0.5) is 39.5 Å². The van der Waals surface area contributed by atoms with Crippen LogP contribution in [0.25, 0.3) is 0 Å².